The normalized spacial score (nSPS) is 12.0. The molecule has 146 valence electrons. The van der Waals surface area contributed by atoms with Crippen molar-refractivity contribution in [1.29, 1.82) is 0 Å². The van der Waals surface area contributed by atoms with E-state index in [1.807, 2.05) is 41.8 Å². The molecule has 0 spiro atoms. The summed E-state index contributed by atoms with van der Waals surface area (Å²) in [6, 6.07) is 14.2. The van der Waals surface area contributed by atoms with Crippen molar-refractivity contribution in [2.75, 3.05) is 5.32 Å². The summed E-state index contributed by atoms with van der Waals surface area (Å²) >= 11 is 7.03. The molecule has 1 heterocycles. The van der Waals surface area contributed by atoms with Crippen molar-refractivity contribution in [3.8, 4) is 0 Å². The van der Waals surface area contributed by atoms with Crippen LogP contribution in [0.1, 0.15) is 25.2 Å². The first-order valence-electron chi connectivity index (χ1n) is 8.86. The van der Waals surface area contributed by atoms with E-state index in [-0.39, 0.29) is 16.6 Å². The molecule has 0 radical (unpaired) electrons. The SMILES string of the molecule is CCn1c(Cc2ccccc2)nnc1S[C@@H](C)C(=O)Nc1ccc(Cl)cc1F. The minimum absolute atomic E-state index is 0.101. The second-order valence-electron chi connectivity index (χ2n) is 6.18. The van der Waals surface area contributed by atoms with Gasteiger partial charge in [-0.2, -0.15) is 0 Å². The minimum Gasteiger partial charge on any atom is -0.323 e. The zero-order valence-corrected chi connectivity index (χ0v) is 17.1. The fraction of sp³-hybridized carbons (Fsp3) is 0.250. The maximum atomic E-state index is 13.9. The second kappa shape index (κ2) is 9.21. The number of amides is 1. The van der Waals surface area contributed by atoms with Crippen LogP contribution in [-0.2, 0) is 17.8 Å². The first-order valence-corrected chi connectivity index (χ1v) is 10.1. The largest absolute Gasteiger partial charge is 0.323 e. The van der Waals surface area contributed by atoms with E-state index < -0.39 is 11.1 Å². The molecule has 0 bridgehead atoms. The third-order valence-corrected chi connectivity index (χ3v) is 5.47. The molecule has 2 aromatic carbocycles. The maximum absolute atomic E-state index is 13.9. The summed E-state index contributed by atoms with van der Waals surface area (Å²) in [6.07, 6.45) is 0.665. The van der Waals surface area contributed by atoms with Gasteiger partial charge in [0.25, 0.3) is 0 Å². The summed E-state index contributed by atoms with van der Waals surface area (Å²) in [4.78, 5) is 12.5. The summed E-state index contributed by atoms with van der Waals surface area (Å²) in [5.74, 6) is -0.0473. The Morgan fingerprint density at radius 1 is 1.25 bits per heavy atom. The highest BCUT2D eigenvalue weighted by Gasteiger charge is 2.20. The number of anilines is 1. The molecule has 0 unspecified atom stereocenters. The lowest BCUT2D eigenvalue weighted by Crippen LogP contribution is -2.23. The average molecular weight is 419 g/mol. The van der Waals surface area contributed by atoms with Crippen molar-refractivity contribution in [2.45, 2.75) is 37.2 Å². The summed E-state index contributed by atoms with van der Waals surface area (Å²) in [7, 11) is 0. The highest BCUT2D eigenvalue weighted by Crippen LogP contribution is 2.25. The summed E-state index contributed by atoms with van der Waals surface area (Å²) in [6.45, 7) is 4.45. The van der Waals surface area contributed by atoms with E-state index >= 15 is 0 Å². The Hall–Kier alpha value is -2.38. The highest BCUT2D eigenvalue weighted by molar-refractivity contribution is 8.00. The predicted molar refractivity (Wildman–Crippen MR) is 110 cm³/mol. The van der Waals surface area contributed by atoms with Crippen molar-refractivity contribution in [3.05, 3.63) is 70.8 Å². The predicted octanol–water partition coefficient (Wildman–Crippen LogP) is 4.80. The minimum atomic E-state index is -0.570. The van der Waals surface area contributed by atoms with Gasteiger partial charge in [-0.1, -0.05) is 53.7 Å². The molecule has 1 atom stereocenters. The van der Waals surface area contributed by atoms with Crippen LogP contribution in [-0.4, -0.2) is 25.9 Å². The lowest BCUT2D eigenvalue weighted by Gasteiger charge is -2.13. The highest BCUT2D eigenvalue weighted by atomic mass is 35.5. The Morgan fingerprint density at radius 3 is 2.68 bits per heavy atom. The molecule has 8 heteroatoms. The number of nitrogens with zero attached hydrogens (tertiary/aromatic N) is 3. The number of carbonyl (C=O) groups excluding carboxylic acids is 1. The maximum Gasteiger partial charge on any atom is 0.237 e. The van der Waals surface area contributed by atoms with Crippen molar-refractivity contribution >= 4 is 35.0 Å². The Kier molecular flexibility index (Phi) is 6.70. The van der Waals surface area contributed by atoms with Gasteiger partial charge in [0.15, 0.2) is 5.16 Å². The van der Waals surface area contributed by atoms with E-state index in [9.17, 15) is 9.18 Å². The van der Waals surface area contributed by atoms with Crippen LogP contribution in [0, 0.1) is 5.82 Å². The van der Waals surface area contributed by atoms with Gasteiger partial charge in [-0.25, -0.2) is 4.39 Å². The van der Waals surface area contributed by atoms with Gasteiger partial charge in [0.1, 0.15) is 11.6 Å². The number of rotatable bonds is 7. The molecule has 1 N–H and O–H groups in total. The van der Waals surface area contributed by atoms with Gasteiger partial charge in [0, 0.05) is 18.0 Å². The molecule has 28 heavy (non-hydrogen) atoms. The van der Waals surface area contributed by atoms with E-state index in [0.717, 1.165) is 11.4 Å². The third kappa shape index (κ3) is 4.91. The summed E-state index contributed by atoms with van der Waals surface area (Å²) in [5.41, 5.74) is 1.24. The van der Waals surface area contributed by atoms with Crippen molar-refractivity contribution in [2.24, 2.45) is 0 Å². The van der Waals surface area contributed by atoms with E-state index in [1.54, 1.807) is 6.92 Å². The molecule has 0 aliphatic rings. The molecular weight excluding hydrogens is 399 g/mol. The Labute approximate surface area is 172 Å². The van der Waals surface area contributed by atoms with E-state index in [1.165, 1.54) is 30.0 Å². The quantitative estimate of drug-likeness (QED) is 0.560. The molecule has 3 aromatic rings. The van der Waals surface area contributed by atoms with Crippen LogP contribution in [0.15, 0.2) is 53.7 Å². The molecule has 1 aromatic heterocycles. The molecule has 0 saturated carbocycles. The van der Waals surface area contributed by atoms with Gasteiger partial charge in [-0.05, 0) is 37.6 Å². The van der Waals surface area contributed by atoms with E-state index in [2.05, 4.69) is 15.5 Å². The molecular formula is C20H20ClFN4OS. The van der Waals surface area contributed by atoms with Gasteiger partial charge < -0.3 is 9.88 Å². The van der Waals surface area contributed by atoms with Crippen LogP contribution in [0.3, 0.4) is 0 Å². The fourth-order valence-corrected chi connectivity index (χ4v) is 3.76. The van der Waals surface area contributed by atoms with Gasteiger partial charge in [0.05, 0.1) is 10.9 Å². The number of halogens is 2. The Bertz CT molecular complexity index is 964. The van der Waals surface area contributed by atoms with E-state index in [0.29, 0.717) is 18.1 Å². The summed E-state index contributed by atoms with van der Waals surface area (Å²) < 4.78 is 15.9. The first kappa shape index (κ1) is 20.4. The molecule has 1 amide bonds. The van der Waals surface area contributed by atoms with Gasteiger partial charge in [-0.3, -0.25) is 4.79 Å². The Morgan fingerprint density at radius 2 is 2.00 bits per heavy atom. The number of aromatic nitrogens is 3. The van der Waals surface area contributed by atoms with Crippen molar-refractivity contribution < 1.29 is 9.18 Å². The van der Waals surface area contributed by atoms with Crippen LogP contribution < -0.4 is 5.32 Å². The number of nitrogens with one attached hydrogen (secondary N) is 1. The average Bonchev–Trinajstić information content (AvgIpc) is 3.05. The van der Waals surface area contributed by atoms with E-state index in [4.69, 9.17) is 11.6 Å². The topological polar surface area (TPSA) is 59.8 Å². The van der Waals surface area contributed by atoms with Crippen molar-refractivity contribution in [3.63, 3.8) is 0 Å². The standard InChI is InChI=1S/C20H20ClFN4OS/c1-3-26-18(11-14-7-5-4-6-8-14)24-25-20(26)28-13(2)19(27)23-17-10-9-15(21)12-16(17)22/h4-10,12-13H,3,11H2,1-2H3,(H,23,27)/t13-/m0/s1. The molecule has 0 fully saturated rings. The number of benzene rings is 2. The van der Waals surface area contributed by atoms with Crippen LogP contribution in [0.4, 0.5) is 10.1 Å². The fourth-order valence-electron chi connectivity index (χ4n) is 2.67. The zero-order valence-electron chi connectivity index (χ0n) is 15.5. The number of carbonyl (C=O) groups is 1. The molecule has 0 saturated heterocycles. The van der Waals surface area contributed by atoms with Gasteiger partial charge in [-0.15, -0.1) is 10.2 Å². The van der Waals surface area contributed by atoms with Gasteiger partial charge in [0.2, 0.25) is 5.91 Å². The number of hydrogen-bond acceptors (Lipinski definition) is 4. The van der Waals surface area contributed by atoms with Crippen LogP contribution in [0.5, 0.6) is 0 Å². The van der Waals surface area contributed by atoms with Gasteiger partial charge >= 0.3 is 0 Å². The van der Waals surface area contributed by atoms with Crippen LogP contribution in [0.2, 0.25) is 5.02 Å². The van der Waals surface area contributed by atoms with Crippen LogP contribution in [0.25, 0.3) is 0 Å². The van der Waals surface area contributed by atoms with Crippen molar-refractivity contribution in [1.82, 2.24) is 14.8 Å². The molecule has 3 rings (SSSR count). The molecule has 0 aliphatic carbocycles. The Balaban J connectivity index is 1.69. The lowest BCUT2D eigenvalue weighted by molar-refractivity contribution is -0.115. The number of hydrogen-bond donors (Lipinski definition) is 1. The second-order valence-corrected chi connectivity index (χ2v) is 7.92. The third-order valence-electron chi connectivity index (χ3n) is 4.16. The van der Waals surface area contributed by atoms with Crippen LogP contribution >= 0.6 is 23.4 Å². The summed E-state index contributed by atoms with van der Waals surface area (Å²) in [5, 5.41) is 11.6. The lowest BCUT2D eigenvalue weighted by atomic mass is 10.1. The smallest absolute Gasteiger partial charge is 0.237 e. The zero-order chi connectivity index (χ0) is 20.1. The molecule has 0 aliphatic heterocycles. The number of thioether (sulfide) groups is 1. The molecule has 5 nitrogen and oxygen atoms in total. The monoisotopic (exact) mass is 418 g/mol. The first-order chi connectivity index (χ1) is 13.5.